The van der Waals surface area contributed by atoms with Crippen LogP contribution in [0, 0.1) is 18.3 Å². The van der Waals surface area contributed by atoms with E-state index in [0.29, 0.717) is 11.0 Å². The van der Waals surface area contributed by atoms with Gasteiger partial charge in [0.25, 0.3) is 0 Å². The van der Waals surface area contributed by atoms with Crippen LogP contribution < -0.4 is 5.46 Å². The Morgan fingerprint density at radius 2 is 2.20 bits per heavy atom. The van der Waals surface area contributed by atoms with Crippen LogP contribution in [0.15, 0.2) is 18.2 Å². The second-order valence-electron chi connectivity index (χ2n) is 2.20. The zero-order chi connectivity index (χ0) is 7.56. The number of hydrogen-bond acceptors (Lipinski definition) is 1. The fraction of sp³-hybridized carbons (Fsp3) is 0.125. The van der Waals surface area contributed by atoms with Gasteiger partial charge in [-0.3, -0.25) is 0 Å². The summed E-state index contributed by atoms with van der Waals surface area (Å²) in [5.74, 6) is 0. The first kappa shape index (κ1) is 6.89. The fourth-order valence-electron chi connectivity index (χ4n) is 0.784. The highest BCUT2D eigenvalue weighted by Gasteiger charge is 1.93. The average molecular weight is 127 g/mol. The molecule has 0 aliphatic rings. The highest BCUT2D eigenvalue weighted by Crippen LogP contribution is 1.96. The highest BCUT2D eigenvalue weighted by molar-refractivity contribution is 6.33. The van der Waals surface area contributed by atoms with Crippen LogP contribution in [0.5, 0.6) is 0 Å². The van der Waals surface area contributed by atoms with E-state index in [9.17, 15) is 0 Å². The molecule has 0 aliphatic heterocycles. The molecule has 0 amide bonds. The van der Waals surface area contributed by atoms with E-state index in [1.165, 1.54) is 0 Å². The topological polar surface area (TPSA) is 23.8 Å². The lowest BCUT2D eigenvalue weighted by Gasteiger charge is -1.96. The number of benzene rings is 1. The Hall–Kier alpha value is -1.23. The van der Waals surface area contributed by atoms with Crippen LogP contribution in [-0.2, 0) is 0 Å². The molecule has 46 valence electrons. The molecule has 0 saturated heterocycles. The molecule has 0 atom stereocenters. The number of aryl methyl sites for hydroxylation is 1. The van der Waals surface area contributed by atoms with Gasteiger partial charge in [-0.1, -0.05) is 23.2 Å². The fourth-order valence-corrected chi connectivity index (χ4v) is 0.784. The zero-order valence-electron chi connectivity index (χ0n) is 5.76. The van der Waals surface area contributed by atoms with Crippen LogP contribution in [0.25, 0.3) is 0 Å². The highest BCUT2D eigenvalue weighted by atomic mass is 14.2. The molecule has 1 rings (SSSR count). The van der Waals surface area contributed by atoms with E-state index in [1.807, 2.05) is 19.1 Å². The van der Waals surface area contributed by atoms with E-state index in [-0.39, 0.29) is 0 Å². The molecule has 0 unspecified atom stereocenters. The molecular formula is C8H6BN. The van der Waals surface area contributed by atoms with Crippen molar-refractivity contribution in [1.82, 2.24) is 0 Å². The Bertz CT molecular complexity index is 286. The molecule has 0 heterocycles. The molecule has 0 fully saturated rings. The zero-order valence-corrected chi connectivity index (χ0v) is 5.76. The van der Waals surface area contributed by atoms with Gasteiger partial charge in [0.1, 0.15) is 7.85 Å². The predicted octanol–water partition coefficient (Wildman–Crippen LogP) is 0.661. The molecular weight excluding hydrogens is 121 g/mol. The van der Waals surface area contributed by atoms with Crippen molar-refractivity contribution < 1.29 is 0 Å². The van der Waals surface area contributed by atoms with Gasteiger partial charge in [-0.05, 0) is 13.0 Å². The van der Waals surface area contributed by atoms with Crippen molar-refractivity contribution in [3.8, 4) is 6.07 Å². The van der Waals surface area contributed by atoms with Crippen molar-refractivity contribution in [2.45, 2.75) is 6.92 Å². The van der Waals surface area contributed by atoms with Crippen molar-refractivity contribution in [2.75, 3.05) is 0 Å². The Morgan fingerprint density at radius 1 is 1.50 bits per heavy atom. The normalized spacial score (nSPS) is 8.80. The molecule has 0 saturated carbocycles. The van der Waals surface area contributed by atoms with Crippen molar-refractivity contribution >= 4 is 13.3 Å². The molecule has 1 aromatic rings. The van der Waals surface area contributed by atoms with Crippen LogP contribution in [0.3, 0.4) is 0 Å². The summed E-state index contributed by atoms with van der Waals surface area (Å²) in [6.45, 7) is 1.94. The van der Waals surface area contributed by atoms with Crippen LogP contribution in [0.4, 0.5) is 0 Å². The van der Waals surface area contributed by atoms with E-state index in [1.54, 1.807) is 12.1 Å². The van der Waals surface area contributed by atoms with Gasteiger partial charge in [0.2, 0.25) is 0 Å². The molecule has 0 N–H and O–H groups in total. The van der Waals surface area contributed by atoms with Gasteiger partial charge in [-0.25, -0.2) is 0 Å². The smallest absolute Gasteiger partial charge is 0.115 e. The molecule has 0 bridgehead atoms. The van der Waals surface area contributed by atoms with Gasteiger partial charge >= 0.3 is 0 Å². The standard InChI is InChI=1S/C8H6BN/c1-6-2-3-7(5-10)8(9)4-6/h2-4H,1H3. The maximum atomic E-state index is 8.48. The minimum Gasteiger partial charge on any atom is -0.192 e. The molecule has 1 nitrogen and oxygen atoms in total. The summed E-state index contributed by atoms with van der Waals surface area (Å²) in [5.41, 5.74) is 2.18. The van der Waals surface area contributed by atoms with Gasteiger partial charge in [0, 0.05) is 5.56 Å². The van der Waals surface area contributed by atoms with Crippen LogP contribution in [0.2, 0.25) is 0 Å². The minimum absolute atomic E-state index is 0.547. The lowest BCUT2D eigenvalue weighted by atomic mass is 9.90. The Kier molecular flexibility index (Phi) is 1.77. The second-order valence-corrected chi connectivity index (χ2v) is 2.20. The summed E-state index contributed by atoms with van der Waals surface area (Å²) < 4.78 is 0. The maximum absolute atomic E-state index is 8.48. The second kappa shape index (κ2) is 2.57. The SMILES string of the molecule is [B]c1cc(C)ccc1C#N. The first-order valence-electron chi connectivity index (χ1n) is 3.00. The molecule has 0 spiro atoms. The van der Waals surface area contributed by atoms with Crippen LogP contribution in [-0.4, -0.2) is 7.85 Å². The lowest BCUT2D eigenvalue weighted by molar-refractivity contribution is 1.45. The third-order valence-corrected chi connectivity index (χ3v) is 1.33. The van der Waals surface area contributed by atoms with Gasteiger partial charge in [-0.2, -0.15) is 5.26 Å². The molecule has 0 aromatic heterocycles. The average Bonchev–Trinajstić information content (AvgIpc) is 1.88. The largest absolute Gasteiger partial charge is 0.192 e. The van der Waals surface area contributed by atoms with E-state index in [2.05, 4.69) is 0 Å². The first-order chi connectivity index (χ1) is 4.74. The molecule has 10 heavy (non-hydrogen) atoms. The van der Waals surface area contributed by atoms with E-state index >= 15 is 0 Å². The van der Waals surface area contributed by atoms with Gasteiger partial charge in [0.15, 0.2) is 0 Å². The first-order valence-corrected chi connectivity index (χ1v) is 3.00. The summed E-state index contributed by atoms with van der Waals surface area (Å²) in [6.07, 6.45) is 0. The molecule has 2 heteroatoms. The number of nitrogens with zero attached hydrogens (tertiary/aromatic N) is 1. The Balaban J connectivity index is 3.23. The summed E-state index contributed by atoms with van der Waals surface area (Å²) in [4.78, 5) is 0. The van der Waals surface area contributed by atoms with Crippen molar-refractivity contribution in [1.29, 1.82) is 5.26 Å². The minimum atomic E-state index is 0.547. The summed E-state index contributed by atoms with van der Waals surface area (Å²) >= 11 is 0. The summed E-state index contributed by atoms with van der Waals surface area (Å²) in [6, 6.07) is 7.38. The van der Waals surface area contributed by atoms with Crippen LogP contribution in [0.1, 0.15) is 11.1 Å². The number of rotatable bonds is 0. The third kappa shape index (κ3) is 1.19. The maximum Gasteiger partial charge on any atom is 0.115 e. The Labute approximate surface area is 61.7 Å². The Morgan fingerprint density at radius 3 is 2.70 bits per heavy atom. The van der Waals surface area contributed by atoms with E-state index in [4.69, 9.17) is 13.1 Å². The van der Waals surface area contributed by atoms with E-state index < -0.39 is 0 Å². The van der Waals surface area contributed by atoms with Crippen molar-refractivity contribution in [2.24, 2.45) is 0 Å². The summed E-state index contributed by atoms with van der Waals surface area (Å²) in [5, 5.41) is 8.48. The van der Waals surface area contributed by atoms with Gasteiger partial charge < -0.3 is 0 Å². The van der Waals surface area contributed by atoms with Crippen molar-refractivity contribution in [3.63, 3.8) is 0 Å². The summed E-state index contributed by atoms with van der Waals surface area (Å²) in [7, 11) is 5.51. The molecule has 0 aliphatic carbocycles. The number of hydrogen-bond donors (Lipinski definition) is 0. The molecule has 1 aromatic carbocycles. The third-order valence-electron chi connectivity index (χ3n) is 1.33. The number of nitriles is 1. The van der Waals surface area contributed by atoms with E-state index in [0.717, 1.165) is 5.56 Å². The quantitative estimate of drug-likeness (QED) is 0.469. The van der Waals surface area contributed by atoms with Gasteiger partial charge in [0.05, 0.1) is 6.07 Å². The monoisotopic (exact) mass is 127 g/mol. The predicted molar refractivity (Wildman–Crippen MR) is 41.3 cm³/mol. The van der Waals surface area contributed by atoms with Crippen LogP contribution >= 0.6 is 0 Å². The van der Waals surface area contributed by atoms with Gasteiger partial charge in [-0.15, -0.1) is 0 Å². The van der Waals surface area contributed by atoms with Crippen molar-refractivity contribution in [3.05, 3.63) is 29.3 Å². The molecule has 2 radical (unpaired) electrons. The lowest BCUT2D eigenvalue weighted by Crippen LogP contribution is -2.07.